The maximum absolute atomic E-state index is 12.0. The molecule has 0 bridgehead atoms. The van der Waals surface area contributed by atoms with E-state index in [0.717, 1.165) is 31.6 Å². The molecule has 4 nitrogen and oxygen atoms in total. The van der Waals surface area contributed by atoms with Gasteiger partial charge in [0.05, 0.1) is 13.2 Å². The Balaban J connectivity index is 1.75. The van der Waals surface area contributed by atoms with Gasteiger partial charge in [0.25, 0.3) is 0 Å². The average Bonchev–Trinajstić information content (AvgIpc) is 2.90. The quantitative estimate of drug-likeness (QED) is 0.693. The molecule has 0 radical (unpaired) electrons. The lowest BCUT2D eigenvalue weighted by Gasteiger charge is -2.56. The number of carbonyl (C=O) groups is 2. The standard InChI is InChI=1S/C20H26O4/c1-12(21)24-18-9-14-15(5-6-19(2)11-23-10-17(14)19)20(3)7-4-13(22)8-16(18)20/h4,7-8,14-15,17-18H,5-6,9-11H2,1-3H3/t14-,15+,17+,18-,19-,20-/m1/s1. The number of allylic oxidation sites excluding steroid dienone is 3. The first-order chi connectivity index (χ1) is 11.3. The van der Waals surface area contributed by atoms with Gasteiger partial charge in [-0.2, -0.15) is 0 Å². The van der Waals surface area contributed by atoms with E-state index in [1.165, 1.54) is 13.3 Å². The highest BCUT2D eigenvalue weighted by Crippen LogP contribution is 2.62. The van der Waals surface area contributed by atoms with E-state index >= 15 is 0 Å². The van der Waals surface area contributed by atoms with Gasteiger partial charge in [-0.1, -0.05) is 19.9 Å². The van der Waals surface area contributed by atoms with Crippen LogP contribution in [0.5, 0.6) is 0 Å². The second-order valence-corrected chi connectivity index (χ2v) is 8.54. The number of hydrogen-bond acceptors (Lipinski definition) is 4. The number of fused-ring (bicyclic) bond motifs is 5. The first kappa shape index (κ1) is 16.1. The van der Waals surface area contributed by atoms with Crippen LogP contribution in [0.2, 0.25) is 0 Å². The summed E-state index contributed by atoms with van der Waals surface area (Å²) in [5.41, 5.74) is 1.04. The molecule has 2 saturated carbocycles. The average molecular weight is 330 g/mol. The van der Waals surface area contributed by atoms with Crippen molar-refractivity contribution in [3.63, 3.8) is 0 Å². The molecule has 1 aliphatic heterocycles. The van der Waals surface area contributed by atoms with Gasteiger partial charge in [-0.05, 0) is 60.2 Å². The number of rotatable bonds is 1. The summed E-state index contributed by atoms with van der Waals surface area (Å²) in [6.07, 6.45) is 8.30. The Kier molecular flexibility index (Phi) is 3.54. The van der Waals surface area contributed by atoms with Gasteiger partial charge in [0.1, 0.15) is 6.10 Å². The highest BCUT2D eigenvalue weighted by atomic mass is 16.5. The zero-order valence-electron chi connectivity index (χ0n) is 14.7. The van der Waals surface area contributed by atoms with Gasteiger partial charge in [0.2, 0.25) is 0 Å². The molecule has 4 rings (SSSR count). The minimum atomic E-state index is -0.286. The normalized spacial score (nSPS) is 46.6. The summed E-state index contributed by atoms with van der Waals surface area (Å²) in [4.78, 5) is 23.6. The largest absolute Gasteiger partial charge is 0.458 e. The summed E-state index contributed by atoms with van der Waals surface area (Å²) in [6, 6.07) is 0. The van der Waals surface area contributed by atoms with Crippen LogP contribution in [0.3, 0.4) is 0 Å². The summed E-state index contributed by atoms with van der Waals surface area (Å²) in [5, 5.41) is 0. The van der Waals surface area contributed by atoms with E-state index < -0.39 is 0 Å². The molecule has 1 heterocycles. The monoisotopic (exact) mass is 330 g/mol. The summed E-state index contributed by atoms with van der Waals surface area (Å²) in [7, 11) is 0. The van der Waals surface area contributed by atoms with Gasteiger partial charge in [-0.15, -0.1) is 0 Å². The molecule has 3 aliphatic carbocycles. The molecule has 4 heteroatoms. The van der Waals surface area contributed by atoms with E-state index in [1.54, 1.807) is 12.2 Å². The zero-order valence-corrected chi connectivity index (χ0v) is 14.7. The molecule has 0 spiro atoms. The van der Waals surface area contributed by atoms with Gasteiger partial charge >= 0.3 is 5.97 Å². The van der Waals surface area contributed by atoms with Gasteiger partial charge < -0.3 is 9.47 Å². The Morgan fingerprint density at radius 2 is 2.12 bits per heavy atom. The van der Waals surface area contributed by atoms with Crippen molar-refractivity contribution in [1.29, 1.82) is 0 Å². The fourth-order valence-electron chi connectivity index (χ4n) is 5.85. The first-order valence-electron chi connectivity index (χ1n) is 9.04. The molecule has 0 aromatic heterocycles. The molecule has 24 heavy (non-hydrogen) atoms. The van der Waals surface area contributed by atoms with Crippen molar-refractivity contribution in [2.24, 2.45) is 28.6 Å². The second-order valence-electron chi connectivity index (χ2n) is 8.54. The van der Waals surface area contributed by atoms with Crippen molar-refractivity contribution >= 4 is 11.8 Å². The molecular weight excluding hydrogens is 304 g/mol. The van der Waals surface area contributed by atoms with E-state index in [-0.39, 0.29) is 28.7 Å². The van der Waals surface area contributed by atoms with Crippen LogP contribution in [0.4, 0.5) is 0 Å². The number of ether oxygens (including phenoxy) is 2. The highest BCUT2D eigenvalue weighted by Gasteiger charge is 2.58. The molecule has 3 fully saturated rings. The molecule has 0 unspecified atom stereocenters. The van der Waals surface area contributed by atoms with E-state index in [4.69, 9.17) is 9.47 Å². The van der Waals surface area contributed by atoms with Crippen LogP contribution in [-0.2, 0) is 19.1 Å². The molecule has 0 amide bonds. The lowest BCUT2D eigenvalue weighted by molar-refractivity contribution is -0.150. The maximum Gasteiger partial charge on any atom is 0.303 e. The van der Waals surface area contributed by atoms with Gasteiger partial charge in [0.15, 0.2) is 5.78 Å². The number of hydrogen-bond donors (Lipinski definition) is 0. The second kappa shape index (κ2) is 5.29. The molecule has 6 atom stereocenters. The summed E-state index contributed by atoms with van der Waals surface area (Å²) >= 11 is 0. The molecule has 0 N–H and O–H groups in total. The summed E-state index contributed by atoms with van der Waals surface area (Å²) < 4.78 is 11.5. The molecule has 4 aliphatic rings. The van der Waals surface area contributed by atoms with Crippen LogP contribution in [0.25, 0.3) is 0 Å². The topological polar surface area (TPSA) is 52.6 Å². The van der Waals surface area contributed by atoms with Crippen molar-refractivity contribution in [2.75, 3.05) is 13.2 Å². The van der Waals surface area contributed by atoms with Gasteiger partial charge in [-0.25, -0.2) is 0 Å². The predicted octanol–water partition coefficient (Wildman–Crippen LogP) is 3.07. The minimum Gasteiger partial charge on any atom is -0.458 e. The summed E-state index contributed by atoms with van der Waals surface area (Å²) in [6.45, 7) is 7.66. The smallest absolute Gasteiger partial charge is 0.303 e. The lowest BCUT2D eigenvalue weighted by atomic mass is 9.48. The molecule has 0 aromatic rings. The zero-order chi connectivity index (χ0) is 17.1. The van der Waals surface area contributed by atoms with E-state index in [0.29, 0.717) is 17.8 Å². The van der Waals surface area contributed by atoms with Crippen LogP contribution in [0, 0.1) is 28.6 Å². The van der Waals surface area contributed by atoms with Crippen molar-refractivity contribution in [1.82, 2.24) is 0 Å². The minimum absolute atomic E-state index is 0.00271. The van der Waals surface area contributed by atoms with Crippen LogP contribution < -0.4 is 0 Å². The van der Waals surface area contributed by atoms with Crippen LogP contribution in [0.15, 0.2) is 23.8 Å². The molecule has 0 aromatic carbocycles. The van der Waals surface area contributed by atoms with Crippen LogP contribution in [0.1, 0.15) is 40.0 Å². The molecule has 1 saturated heterocycles. The lowest BCUT2D eigenvalue weighted by Crippen LogP contribution is -2.53. The maximum atomic E-state index is 12.0. The fourth-order valence-corrected chi connectivity index (χ4v) is 5.85. The predicted molar refractivity (Wildman–Crippen MR) is 89.1 cm³/mol. The number of esters is 1. The number of ketones is 1. The number of carbonyl (C=O) groups excluding carboxylic acids is 2. The first-order valence-corrected chi connectivity index (χ1v) is 9.04. The fraction of sp³-hybridized carbons (Fsp3) is 0.700. The Hall–Kier alpha value is -1.42. The Bertz CT molecular complexity index is 648. The van der Waals surface area contributed by atoms with Gasteiger partial charge in [-0.3, -0.25) is 9.59 Å². The van der Waals surface area contributed by atoms with Crippen molar-refractivity contribution < 1.29 is 19.1 Å². The summed E-state index contributed by atoms with van der Waals surface area (Å²) in [5.74, 6) is 1.20. The molecular formula is C20H26O4. The van der Waals surface area contributed by atoms with E-state index in [9.17, 15) is 9.59 Å². The van der Waals surface area contributed by atoms with E-state index in [2.05, 4.69) is 19.9 Å². The Morgan fingerprint density at radius 1 is 1.33 bits per heavy atom. The molecule has 130 valence electrons. The third-order valence-corrected chi connectivity index (χ3v) is 7.11. The van der Waals surface area contributed by atoms with Crippen molar-refractivity contribution in [3.8, 4) is 0 Å². The van der Waals surface area contributed by atoms with Crippen molar-refractivity contribution in [2.45, 2.75) is 46.1 Å². The van der Waals surface area contributed by atoms with Gasteiger partial charge in [0, 0.05) is 12.3 Å². The Labute approximate surface area is 143 Å². The SMILES string of the molecule is CC(=O)O[C@@H]1C[C@H]2[C@@H]3COC[C@@]3(C)CC[C@@H]2[C@@]2(C)C=CC(=O)C=C12. The third kappa shape index (κ3) is 2.22. The highest BCUT2D eigenvalue weighted by molar-refractivity contribution is 6.01. The van der Waals surface area contributed by atoms with Crippen LogP contribution >= 0.6 is 0 Å². The van der Waals surface area contributed by atoms with Crippen LogP contribution in [-0.4, -0.2) is 31.1 Å². The van der Waals surface area contributed by atoms with Crippen molar-refractivity contribution in [3.05, 3.63) is 23.8 Å². The Morgan fingerprint density at radius 3 is 2.88 bits per heavy atom. The van der Waals surface area contributed by atoms with E-state index in [1.807, 2.05) is 0 Å². The third-order valence-electron chi connectivity index (χ3n) is 7.11.